The second-order valence-corrected chi connectivity index (χ2v) is 7.94. The van der Waals surface area contributed by atoms with Crippen molar-refractivity contribution in [2.24, 2.45) is 5.41 Å². The molecule has 1 aromatic carbocycles. The van der Waals surface area contributed by atoms with E-state index in [4.69, 9.17) is 14.2 Å². The molecule has 2 aliphatic heterocycles. The minimum atomic E-state index is -0.422. The summed E-state index contributed by atoms with van der Waals surface area (Å²) >= 11 is 0. The number of amides is 1. The Labute approximate surface area is 155 Å². The third-order valence-electron chi connectivity index (χ3n) is 6.54. The molecule has 5 heteroatoms. The number of fused-ring (bicyclic) bond motifs is 1. The molecule has 3 atom stereocenters. The van der Waals surface area contributed by atoms with Gasteiger partial charge in [-0.2, -0.15) is 0 Å². The first-order valence-electron chi connectivity index (χ1n) is 9.80. The maximum atomic E-state index is 12.9. The van der Waals surface area contributed by atoms with Crippen LogP contribution in [0.3, 0.4) is 0 Å². The van der Waals surface area contributed by atoms with Gasteiger partial charge < -0.3 is 19.5 Å². The maximum Gasteiger partial charge on any atom is 0.261 e. The van der Waals surface area contributed by atoms with Crippen molar-refractivity contribution in [1.29, 1.82) is 0 Å². The second-order valence-electron chi connectivity index (χ2n) is 7.94. The topological polar surface area (TPSA) is 56.8 Å². The Balaban J connectivity index is 1.42. The van der Waals surface area contributed by atoms with Crippen LogP contribution in [0.1, 0.15) is 42.9 Å². The summed E-state index contributed by atoms with van der Waals surface area (Å²) < 4.78 is 17.5. The van der Waals surface area contributed by atoms with Gasteiger partial charge in [-0.15, -0.1) is 0 Å². The van der Waals surface area contributed by atoms with Gasteiger partial charge in [-0.1, -0.05) is 6.07 Å². The van der Waals surface area contributed by atoms with Crippen LogP contribution in [0.5, 0.6) is 5.75 Å². The summed E-state index contributed by atoms with van der Waals surface area (Å²) in [5.74, 6) is 0.858. The number of rotatable bonds is 4. The molecule has 1 amide bonds. The van der Waals surface area contributed by atoms with E-state index < -0.39 is 6.10 Å². The summed E-state index contributed by atoms with van der Waals surface area (Å²) in [5.41, 5.74) is 3.61. The Bertz CT molecular complexity index is 664. The van der Waals surface area contributed by atoms with E-state index in [1.165, 1.54) is 11.1 Å². The van der Waals surface area contributed by atoms with Crippen LogP contribution in [0.4, 0.5) is 0 Å². The molecule has 142 valence electrons. The van der Waals surface area contributed by atoms with Crippen molar-refractivity contribution in [3.63, 3.8) is 0 Å². The smallest absolute Gasteiger partial charge is 0.261 e. The molecule has 0 bridgehead atoms. The van der Waals surface area contributed by atoms with Gasteiger partial charge in [0.05, 0.1) is 6.10 Å². The van der Waals surface area contributed by atoms with E-state index in [9.17, 15) is 4.79 Å². The van der Waals surface area contributed by atoms with Crippen molar-refractivity contribution in [3.05, 3.63) is 28.8 Å². The Kier molecular flexibility index (Phi) is 4.70. The standard InChI is InChI=1S/C21H29NO4/c1-4-25-19-12-18(21(19)5-7-24-8-6-21)22-20(23)17-11-15-9-13(2)14(3)10-16(15)26-17/h9-10,17-19H,4-8,11-12H2,1-3H3,(H,22,23)/t17-,18+,19+/m0/s1. The minimum Gasteiger partial charge on any atom is -0.480 e. The molecule has 3 aliphatic rings. The van der Waals surface area contributed by atoms with E-state index in [1.807, 2.05) is 13.0 Å². The Morgan fingerprint density at radius 1 is 1.27 bits per heavy atom. The first-order valence-corrected chi connectivity index (χ1v) is 9.80. The fourth-order valence-electron chi connectivity index (χ4n) is 4.73. The first-order chi connectivity index (χ1) is 12.5. The number of hydrogen-bond donors (Lipinski definition) is 1. The number of nitrogens with one attached hydrogen (secondary N) is 1. The highest BCUT2D eigenvalue weighted by molar-refractivity contribution is 5.83. The van der Waals surface area contributed by atoms with E-state index in [-0.39, 0.29) is 23.5 Å². The molecule has 2 fully saturated rings. The van der Waals surface area contributed by atoms with Gasteiger partial charge >= 0.3 is 0 Å². The molecular formula is C21H29NO4. The lowest BCUT2D eigenvalue weighted by molar-refractivity contribution is -0.177. The van der Waals surface area contributed by atoms with Gasteiger partial charge in [-0.05, 0) is 62.8 Å². The van der Waals surface area contributed by atoms with Crippen LogP contribution in [0.25, 0.3) is 0 Å². The Morgan fingerprint density at radius 3 is 2.73 bits per heavy atom. The third kappa shape index (κ3) is 2.91. The summed E-state index contributed by atoms with van der Waals surface area (Å²) in [4.78, 5) is 12.9. The summed E-state index contributed by atoms with van der Waals surface area (Å²) in [6.07, 6.45) is 3.25. The van der Waals surface area contributed by atoms with Crippen molar-refractivity contribution in [2.75, 3.05) is 19.8 Å². The molecule has 0 aromatic heterocycles. The Hall–Kier alpha value is -1.59. The SMILES string of the molecule is CCO[C@@H]1C[C@@H](NC(=O)[C@@H]2Cc3cc(C)c(C)cc3O2)C12CCOCC2. The molecule has 1 saturated heterocycles. The zero-order chi connectivity index (χ0) is 18.3. The molecular weight excluding hydrogens is 330 g/mol. The van der Waals surface area contributed by atoms with Crippen molar-refractivity contribution in [3.8, 4) is 5.75 Å². The van der Waals surface area contributed by atoms with E-state index in [1.54, 1.807) is 0 Å². The summed E-state index contributed by atoms with van der Waals surface area (Å²) in [6, 6.07) is 4.35. The molecule has 0 unspecified atom stereocenters. The number of benzene rings is 1. The van der Waals surface area contributed by atoms with Crippen LogP contribution in [0.15, 0.2) is 12.1 Å². The zero-order valence-electron chi connectivity index (χ0n) is 16.0. The largest absolute Gasteiger partial charge is 0.480 e. The highest BCUT2D eigenvalue weighted by atomic mass is 16.5. The molecule has 5 nitrogen and oxygen atoms in total. The summed E-state index contributed by atoms with van der Waals surface area (Å²) in [7, 11) is 0. The average Bonchev–Trinajstić information content (AvgIpc) is 3.04. The van der Waals surface area contributed by atoms with Crippen molar-refractivity contribution >= 4 is 5.91 Å². The van der Waals surface area contributed by atoms with Crippen LogP contribution in [-0.2, 0) is 20.7 Å². The van der Waals surface area contributed by atoms with Crippen LogP contribution in [-0.4, -0.2) is 44.0 Å². The third-order valence-corrected chi connectivity index (χ3v) is 6.54. The Morgan fingerprint density at radius 2 is 2.00 bits per heavy atom. The number of aryl methyl sites for hydroxylation is 2. The minimum absolute atomic E-state index is 0.00215. The van der Waals surface area contributed by atoms with Crippen LogP contribution in [0, 0.1) is 19.3 Å². The number of ether oxygens (including phenoxy) is 3. The molecule has 1 saturated carbocycles. The number of carbonyl (C=O) groups excluding carboxylic acids is 1. The fourth-order valence-corrected chi connectivity index (χ4v) is 4.73. The molecule has 1 N–H and O–H groups in total. The van der Waals surface area contributed by atoms with E-state index in [0.717, 1.165) is 43.8 Å². The maximum absolute atomic E-state index is 12.9. The van der Waals surface area contributed by atoms with Crippen LogP contribution in [0.2, 0.25) is 0 Å². The van der Waals surface area contributed by atoms with Crippen molar-refractivity contribution in [2.45, 2.75) is 64.7 Å². The normalized spacial score (nSPS) is 29.0. The van der Waals surface area contributed by atoms with Gasteiger partial charge in [0.1, 0.15) is 5.75 Å². The van der Waals surface area contributed by atoms with Gasteiger partial charge in [-0.25, -0.2) is 0 Å². The zero-order valence-corrected chi connectivity index (χ0v) is 16.0. The highest BCUT2D eigenvalue weighted by Crippen LogP contribution is 2.50. The molecule has 26 heavy (non-hydrogen) atoms. The van der Waals surface area contributed by atoms with Crippen LogP contribution >= 0.6 is 0 Å². The van der Waals surface area contributed by atoms with E-state index >= 15 is 0 Å². The number of carbonyl (C=O) groups is 1. The van der Waals surface area contributed by atoms with Gasteiger partial charge in [0.2, 0.25) is 0 Å². The van der Waals surface area contributed by atoms with Gasteiger partial charge in [0, 0.05) is 37.7 Å². The van der Waals surface area contributed by atoms with Gasteiger partial charge in [0.25, 0.3) is 5.91 Å². The lowest BCUT2D eigenvalue weighted by Crippen LogP contribution is -2.67. The molecule has 4 rings (SSSR count). The van der Waals surface area contributed by atoms with E-state index in [2.05, 4.69) is 25.2 Å². The summed E-state index contributed by atoms with van der Waals surface area (Å²) in [6.45, 7) is 8.42. The lowest BCUT2D eigenvalue weighted by Gasteiger charge is -2.57. The van der Waals surface area contributed by atoms with Gasteiger partial charge in [-0.3, -0.25) is 4.79 Å². The van der Waals surface area contributed by atoms with Crippen molar-refractivity contribution in [1.82, 2.24) is 5.32 Å². The number of hydrogen-bond acceptors (Lipinski definition) is 4. The lowest BCUT2D eigenvalue weighted by atomic mass is 9.57. The predicted molar refractivity (Wildman–Crippen MR) is 98.5 cm³/mol. The second kappa shape index (κ2) is 6.86. The molecule has 1 aliphatic carbocycles. The molecule has 1 aromatic rings. The van der Waals surface area contributed by atoms with Gasteiger partial charge in [0.15, 0.2) is 6.10 Å². The predicted octanol–water partition coefficient (Wildman–Crippen LogP) is 2.70. The molecule has 1 spiro atoms. The van der Waals surface area contributed by atoms with Crippen LogP contribution < -0.4 is 10.1 Å². The first kappa shape index (κ1) is 17.8. The highest BCUT2D eigenvalue weighted by Gasteiger charge is 2.57. The molecule has 2 heterocycles. The van der Waals surface area contributed by atoms with Crippen molar-refractivity contribution < 1.29 is 19.0 Å². The monoisotopic (exact) mass is 359 g/mol. The fraction of sp³-hybridized carbons (Fsp3) is 0.667. The molecule has 0 radical (unpaired) electrons. The average molecular weight is 359 g/mol. The quantitative estimate of drug-likeness (QED) is 0.898. The van der Waals surface area contributed by atoms with E-state index in [0.29, 0.717) is 13.0 Å². The summed E-state index contributed by atoms with van der Waals surface area (Å²) in [5, 5.41) is 3.27.